The van der Waals surface area contributed by atoms with Crippen LogP contribution >= 0.6 is 0 Å². The molecule has 0 aliphatic carbocycles. The van der Waals surface area contributed by atoms with Gasteiger partial charge in [-0.15, -0.1) is 10.1 Å². The Kier molecular flexibility index (Phi) is 8.70. The summed E-state index contributed by atoms with van der Waals surface area (Å²) >= 11 is 0. The zero-order chi connectivity index (χ0) is 18.7. The van der Waals surface area contributed by atoms with E-state index < -0.39 is 17.1 Å². The maximum absolute atomic E-state index is 12.0. The van der Waals surface area contributed by atoms with Crippen LogP contribution in [0.15, 0.2) is 36.4 Å². The number of ether oxygens (including phenoxy) is 1. The normalized spacial score (nSPS) is 11.8. The van der Waals surface area contributed by atoms with Crippen molar-refractivity contribution >= 4 is 11.9 Å². The van der Waals surface area contributed by atoms with Gasteiger partial charge in [-0.2, -0.15) is 0 Å². The van der Waals surface area contributed by atoms with Gasteiger partial charge in [-0.25, -0.2) is 4.79 Å². The van der Waals surface area contributed by atoms with Gasteiger partial charge in [0.1, 0.15) is 18.4 Å². The summed E-state index contributed by atoms with van der Waals surface area (Å²) in [6, 6.07) is 5.34. The Morgan fingerprint density at radius 2 is 2.00 bits per heavy atom. The van der Waals surface area contributed by atoms with Crippen molar-refractivity contribution in [1.82, 2.24) is 5.32 Å². The molecule has 0 spiro atoms. The lowest BCUT2D eigenvalue weighted by Crippen LogP contribution is -2.40. The monoisotopic (exact) mass is 350 g/mol. The van der Waals surface area contributed by atoms with Crippen molar-refractivity contribution in [3.05, 3.63) is 52.1 Å². The van der Waals surface area contributed by atoms with E-state index in [0.717, 1.165) is 6.42 Å². The molecule has 0 heterocycles. The number of nitrogens with zero attached hydrogens (tertiary/aromatic N) is 1. The number of carbonyl (C=O) groups excluding carboxylic acids is 2. The smallest absolute Gasteiger partial charge is 0.333 e. The number of rotatable bonds is 10. The van der Waals surface area contributed by atoms with Crippen LogP contribution in [0, 0.1) is 10.1 Å². The lowest BCUT2D eigenvalue weighted by atomic mass is 10.2. The molecule has 8 heteroatoms. The topological polar surface area (TPSA) is 108 Å². The third kappa shape index (κ3) is 8.50. The Bertz CT molecular complexity index is 612. The van der Waals surface area contributed by atoms with Gasteiger partial charge >= 0.3 is 5.97 Å². The first-order chi connectivity index (χ1) is 11.9. The predicted octanol–water partition coefficient (Wildman–Crippen LogP) is 2.55. The first-order valence-corrected chi connectivity index (χ1v) is 7.91. The van der Waals surface area contributed by atoms with Crippen LogP contribution in [0.25, 0.3) is 0 Å². The van der Waals surface area contributed by atoms with Gasteiger partial charge in [0.15, 0.2) is 0 Å². The van der Waals surface area contributed by atoms with Gasteiger partial charge in [0.05, 0.1) is 0 Å². The van der Waals surface area contributed by atoms with Crippen molar-refractivity contribution in [1.29, 1.82) is 0 Å². The molecule has 0 aromatic heterocycles. The van der Waals surface area contributed by atoms with E-state index in [-0.39, 0.29) is 18.3 Å². The van der Waals surface area contributed by atoms with E-state index in [4.69, 9.17) is 4.74 Å². The summed E-state index contributed by atoms with van der Waals surface area (Å²) in [5.41, 5.74) is 0.568. The molecule has 25 heavy (non-hydrogen) atoms. The van der Waals surface area contributed by atoms with Gasteiger partial charge < -0.3 is 14.9 Å². The van der Waals surface area contributed by atoms with Gasteiger partial charge in [0.25, 0.3) is 5.09 Å². The van der Waals surface area contributed by atoms with Gasteiger partial charge in [0.2, 0.25) is 5.91 Å². The molecule has 1 aromatic rings. The highest BCUT2D eigenvalue weighted by Crippen LogP contribution is 2.13. The van der Waals surface area contributed by atoms with Gasteiger partial charge in [0, 0.05) is 6.42 Å². The zero-order valence-electron chi connectivity index (χ0n) is 14.3. The van der Waals surface area contributed by atoms with Crippen LogP contribution in [0.3, 0.4) is 0 Å². The molecule has 0 radical (unpaired) electrons. The van der Waals surface area contributed by atoms with Crippen LogP contribution in [-0.2, 0) is 21.0 Å². The molecule has 1 rings (SSSR count). The van der Waals surface area contributed by atoms with Gasteiger partial charge in [-0.3, -0.25) is 4.79 Å². The summed E-state index contributed by atoms with van der Waals surface area (Å²) in [6.45, 7) is 3.28. The number of amides is 1. The number of esters is 1. The Labute approximate surface area is 145 Å². The minimum Gasteiger partial charge on any atom is -0.425 e. The molecule has 0 bridgehead atoms. The minimum absolute atomic E-state index is 0.180. The minimum atomic E-state index is -0.878. The van der Waals surface area contributed by atoms with Crippen molar-refractivity contribution in [3.8, 4) is 5.75 Å². The Morgan fingerprint density at radius 3 is 2.60 bits per heavy atom. The first-order valence-electron chi connectivity index (χ1n) is 7.91. The molecule has 1 atom stereocenters. The van der Waals surface area contributed by atoms with Crippen molar-refractivity contribution in [3.63, 3.8) is 0 Å². The van der Waals surface area contributed by atoms with Crippen LogP contribution in [0.4, 0.5) is 0 Å². The third-order valence-corrected chi connectivity index (χ3v) is 3.22. The number of hydrogen-bond acceptors (Lipinski definition) is 6. The lowest BCUT2D eigenvalue weighted by Gasteiger charge is -2.13. The average molecular weight is 350 g/mol. The fourth-order valence-corrected chi connectivity index (χ4v) is 1.91. The van der Waals surface area contributed by atoms with Crippen LogP contribution in [-0.4, -0.2) is 23.0 Å². The zero-order valence-corrected chi connectivity index (χ0v) is 14.3. The first kappa shape index (κ1) is 20.1. The van der Waals surface area contributed by atoms with Gasteiger partial charge in [-0.1, -0.05) is 24.3 Å². The maximum atomic E-state index is 12.0. The van der Waals surface area contributed by atoms with Crippen molar-refractivity contribution in [2.45, 2.75) is 45.8 Å². The predicted molar refractivity (Wildman–Crippen MR) is 90.1 cm³/mol. The molecule has 136 valence electrons. The number of hydrogen-bond donors (Lipinski definition) is 1. The van der Waals surface area contributed by atoms with E-state index in [2.05, 4.69) is 10.2 Å². The van der Waals surface area contributed by atoms with Crippen molar-refractivity contribution in [2.24, 2.45) is 0 Å². The maximum Gasteiger partial charge on any atom is 0.333 e. The Hall–Kier alpha value is -2.90. The van der Waals surface area contributed by atoms with Crippen LogP contribution in [0.1, 0.15) is 38.7 Å². The molecule has 1 aromatic carbocycles. The Morgan fingerprint density at radius 1 is 1.32 bits per heavy atom. The van der Waals surface area contributed by atoms with Crippen LogP contribution in [0.2, 0.25) is 0 Å². The number of carbonyl (C=O) groups is 2. The second-order valence-electron chi connectivity index (χ2n) is 5.31. The van der Waals surface area contributed by atoms with E-state index in [1.54, 1.807) is 19.1 Å². The molecule has 0 fully saturated rings. The van der Waals surface area contributed by atoms with E-state index in [1.165, 1.54) is 12.1 Å². The number of allylic oxidation sites excluding steroid dienone is 2. The second-order valence-corrected chi connectivity index (χ2v) is 5.31. The fourth-order valence-electron chi connectivity index (χ4n) is 1.91. The molecule has 0 aliphatic rings. The van der Waals surface area contributed by atoms with Crippen molar-refractivity contribution < 1.29 is 24.3 Å². The fraction of sp³-hybridized carbons (Fsp3) is 0.412. The molecule has 8 nitrogen and oxygen atoms in total. The van der Waals surface area contributed by atoms with E-state index in [0.29, 0.717) is 18.4 Å². The van der Waals surface area contributed by atoms with E-state index >= 15 is 0 Å². The summed E-state index contributed by atoms with van der Waals surface area (Å²) < 4.78 is 5.16. The number of unbranched alkanes of at least 4 members (excludes halogenated alkanes) is 1. The molecule has 1 amide bonds. The molecule has 0 saturated carbocycles. The molecular formula is C17H22N2O6. The SMILES string of the molecule is C/C=C\CCCC(=O)NC(C)C(=O)Oc1ccc(CO[N+](=O)[O-])cc1. The van der Waals surface area contributed by atoms with Crippen LogP contribution < -0.4 is 10.1 Å². The van der Waals surface area contributed by atoms with E-state index in [9.17, 15) is 19.7 Å². The summed E-state index contributed by atoms with van der Waals surface area (Å²) in [6.07, 6.45) is 5.77. The largest absolute Gasteiger partial charge is 0.425 e. The molecule has 1 N–H and O–H groups in total. The van der Waals surface area contributed by atoms with Gasteiger partial charge in [-0.05, 0) is 44.4 Å². The molecule has 0 saturated heterocycles. The highest BCUT2D eigenvalue weighted by molar-refractivity contribution is 5.85. The molecule has 0 aliphatic heterocycles. The van der Waals surface area contributed by atoms with Crippen molar-refractivity contribution in [2.75, 3.05) is 0 Å². The molecule has 1 unspecified atom stereocenters. The lowest BCUT2D eigenvalue weighted by molar-refractivity contribution is -0.763. The van der Waals surface area contributed by atoms with E-state index in [1.807, 2.05) is 19.1 Å². The average Bonchev–Trinajstić information content (AvgIpc) is 2.58. The summed E-state index contributed by atoms with van der Waals surface area (Å²) in [7, 11) is 0. The summed E-state index contributed by atoms with van der Waals surface area (Å²) in [5.74, 6) is -0.513. The Balaban J connectivity index is 2.41. The number of benzene rings is 1. The summed E-state index contributed by atoms with van der Waals surface area (Å²) in [5, 5.41) is 11.8. The van der Waals surface area contributed by atoms with Crippen LogP contribution in [0.5, 0.6) is 5.75 Å². The summed E-state index contributed by atoms with van der Waals surface area (Å²) in [4.78, 5) is 38.1. The highest BCUT2D eigenvalue weighted by Gasteiger charge is 2.17. The number of nitrogens with one attached hydrogen (secondary N) is 1. The quantitative estimate of drug-likeness (QED) is 0.173. The second kappa shape index (κ2) is 10.8. The standard InChI is InChI=1S/C17H22N2O6/c1-3-4-5-6-7-16(20)18-13(2)17(21)25-15-10-8-14(9-11-15)12-24-19(22)23/h3-4,8-11,13H,5-7,12H2,1-2H3,(H,18,20)/b4-3-. The molecular weight excluding hydrogens is 328 g/mol. The third-order valence-electron chi connectivity index (χ3n) is 3.22. The highest BCUT2D eigenvalue weighted by atomic mass is 16.9.